The van der Waals surface area contributed by atoms with Gasteiger partial charge in [0.1, 0.15) is 0 Å². The van der Waals surface area contributed by atoms with Crippen molar-refractivity contribution in [1.29, 1.82) is 0 Å². The highest BCUT2D eigenvalue weighted by molar-refractivity contribution is 6.04. The molecule has 0 N–H and O–H groups in total. The van der Waals surface area contributed by atoms with Gasteiger partial charge in [-0.3, -0.25) is 0 Å². The smallest absolute Gasteiger partial charge is 0.0375 e. The fourth-order valence-corrected chi connectivity index (χ4v) is 3.90. The Labute approximate surface area is 215 Å². The van der Waals surface area contributed by atoms with Gasteiger partial charge in [0, 0.05) is 42.4 Å². The summed E-state index contributed by atoms with van der Waals surface area (Å²) in [5.74, 6) is 0. The van der Waals surface area contributed by atoms with Crippen molar-refractivity contribution in [3.05, 3.63) is 161 Å². The number of hydrogen-bond donors (Lipinski definition) is 0. The minimum Gasteiger partial charge on any atom is -0.0608 e. The van der Waals surface area contributed by atoms with Crippen LogP contribution >= 0.6 is 0 Å². The van der Waals surface area contributed by atoms with Crippen LogP contribution < -0.4 is 0 Å². The van der Waals surface area contributed by atoms with E-state index in [9.17, 15) is 0 Å². The molecule has 0 aliphatic heterocycles. The van der Waals surface area contributed by atoms with Crippen molar-refractivity contribution in [2.24, 2.45) is 20.5 Å². The maximum absolute atomic E-state index is 8.81. The molecule has 0 aliphatic carbocycles. The van der Waals surface area contributed by atoms with Crippen LogP contribution in [0.4, 0.5) is 22.7 Å². The Balaban J connectivity index is 2.05. The van der Waals surface area contributed by atoms with Gasteiger partial charge in [-0.2, -0.15) is 0 Å². The summed E-state index contributed by atoms with van der Waals surface area (Å²) in [5.41, 5.74) is 42.1. The van der Waals surface area contributed by atoms with Gasteiger partial charge in [0.25, 0.3) is 0 Å². The van der Waals surface area contributed by atoms with E-state index in [2.05, 4.69) is 40.1 Å². The second kappa shape index (κ2) is 12.0. The fraction of sp³-hybridized carbons (Fsp3) is 0. The minimum atomic E-state index is 0.466. The molecule has 0 unspecified atom stereocenters. The van der Waals surface area contributed by atoms with E-state index in [0.29, 0.717) is 22.7 Å². The molecule has 0 amide bonds. The highest BCUT2D eigenvalue weighted by Crippen LogP contribution is 2.39. The molecule has 4 aromatic carbocycles. The first kappa shape index (κ1) is 25.0. The van der Waals surface area contributed by atoms with E-state index in [1.165, 1.54) is 0 Å². The molecule has 0 heterocycles. The van der Waals surface area contributed by atoms with Crippen LogP contribution in [0, 0.1) is 0 Å². The molecule has 0 saturated carbocycles. The van der Waals surface area contributed by atoms with Crippen LogP contribution in [-0.4, -0.2) is 0 Å². The van der Waals surface area contributed by atoms with E-state index in [4.69, 9.17) is 22.1 Å². The van der Waals surface area contributed by atoms with Gasteiger partial charge in [0.2, 0.25) is 0 Å². The van der Waals surface area contributed by atoms with Crippen molar-refractivity contribution in [2.75, 3.05) is 0 Å². The monoisotopic (exact) mass is 496 g/mol. The van der Waals surface area contributed by atoms with Gasteiger partial charge in [-0.05, 0) is 55.5 Å². The normalized spacial score (nSPS) is 9.58. The second-order valence-electron chi connectivity index (χ2n) is 7.70. The molecular weight excluding hydrogens is 480 g/mol. The third kappa shape index (κ3) is 5.73. The minimum absolute atomic E-state index is 0.466. The van der Waals surface area contributed by atoms with Gasteiger partial charge in [-0.15, -0.1) is 0 Å². The van der Waals surface area contributed by atoms with Gasteiger partial charge in [0.15, 0.2) is 0 Å². The van der Waals surface area contributed by atoms with Crippen molar-refractivity contribution in [3.8, 4) is 0 Å². The van der Waals surface area contributed by atoms with Gasteiger partial charge in [-0.25, -0.2) is 0 Å². The van der Waals surface area contributed by atoms with E-state index in [1.807, 2.05) is 48.5 Å². The zero-order chi connectivity index (χ0) is 26.7. The molecule has 0 atom stereocenters. The molecule has 0 aliphatic rings. The molecule has 12 nitrogen and oxygen atoms in total. The second-order valence-corrected chi connectivity index (χ2v) is 7.70. The summed E-state index contributed by atoms with van der Waals surface area (Å²) >= 11 is 0. The van der Waals surface area contributed by atoms with Crippen molar-refractivity contribution in [3.63, 3.8) is 0 Å². The van der Waals surface area contributed by atoms with Crippen molar-refractivity contribution >= 4 is 33.9 Å². The van der Waals surface area contributed by atoms with Gasteiger partial charge in [0.05, 0.1) is 0 Å². The van der Waals surface area contributed by atoms with E-state index in [0.717, 1.165) is 33.4 Å². The van der Waals surface area contributed by atoms with Gasteiger partial charge >= 0.3 is 0 Å². The summed E-state index contributed by atoms with van der Waals surface area (Å²) < 4.78 is 0. The average molecular weight is 496 g/mol. The Bertz CT molecular complexity index is 1420. The van der Waals surface area contributed by atoms with Crippen LogP contribution in [0.25, 0.3) is 52.9 Å². The average Bonchev–Trinajstić information content (AvgIpc) is 2.95. The lowest BCUT2D eigenvalue weighted by atomic mass is 9.85. The lowest BCUT2D eigenvalue weighted by Crippen LogP contribution is -1.97. The van der Waals surface area contributed by atoms with E-state index < -0.39 is 0 Å². The molecule has 180 valence electrons. The summed E-state index contributed by atoms with van der Waals surface area (Å²) in [7, 11) is 0. The predicted octanol–water partition coefficient (Wildman–Crippen LogP) is 10.5. The number of benzene rings is 4. The standard InChI is InChI=1S/C26H16N12/c27-35-31-21-9-1-17(2-10-21)25(18-3-11-22(12-4-18)32-36-28)26(19-5-13-23(14-6-19)33-37-29)20-7-15-24(16-8-20)34-38-30/h1-16H. The third-order valence-corrected chi connectivity index (χ3v) is 5.51. The molecule has 4 aromatic rings. The first-order valence-electron chi connectivity index (χ1n) is 11.0. The summed E-state index contributed by atoms with van der Waals surface area (Å²) in [6.07, 6.45) is 0. The lowest BCUT2D eigenvalue weighted by molar-refractivity contribution is 1.42. The molecular formula is C26H16N12. The molecule has 12 heteroatoms. The number of nitrogens with zero attached hydrogens (tertiary/aromatic N) is 12. The van der Waals surface area contributed by atoms with Crippen molar-refractivity contribution in [1.82, 2.24) is 0 Å². The van der Waals surface area contributed by atoms with Crippen LogP contribution in [0.5, 0.6) is 0 Å². The first-order valence-corrected chi connectivity index (χ1v) is 11.0. The summed E-state index contributed by atoms with van der Waals surface area (Å²) in [4.78, 5) is 11.4. The number of rotatable bonds is 8. The quantitative estimate of drug-likeness (QED) is 0.0968. The highest BCUT2D eigenvalue weighted by atomic mass is 15.1. The number of hydrogen-bond acceptors (Lipinski definition) is 4. The molecule has 0 spiro atoms. The molecule has 38 heavy (non-hydrogen) atoms. The summed E-state index contributed by atoms with van der Waals surface area (Å²) in [6.45, 7) is 0. The van der Waals surface area contributed by atoms with Crippen LogP contribution in [0.3, 0.4) is 0 Å². The van der Waals surface area contributed by atoms with Crippen LogP contribution in [0.1, 0.15) is 22.3 Å². The molecule has 0 aromatic heterocycles. The Kier molecular flexibility index (Phi) is 7.89. The zero-order valence-electron chi connectivity index (χ0n) is 19.6. The maximum atomic E-state index is 8.81. The van der Waals surface area contributed by atoms with Crippen LogP contribution in [0.15, 0.2) is 118 Å². The van der Waals surface area contributed by atoms with Gasteiger partial charge < -0.3 is 0 Å². The molecule has 4 rings (SSSR count). The fourth-order valence-electron chi connectivity index (χ4n) is 3.90. The Hall–Kier alpha value is -6.14. The van der Waals surface area contributed by atoms with E-state index in [-0.39, 0.29) is 0 Å². The predicted molar refractivity (Wildman–Crippen MR) is 146 cm³/mol. The van der Waals surface area contributed by atoms with E-state index in [1.54, 1.807) is 48.5 Å². The summed E-state index contributed by atoms with van der Waals surface area (Å²) in [6, 6.07) is 28.6. The van der Waals surface area contributed by atoms with Crippen LogP contribution in [-0.2, 0) is 0 Å². The summed E-state index contributed by atoms with van der Waals surface area (Å²) in [5, 5.41) is 14.7. The first-order chi connectivity index (χ1) is 18.7. The third-order valence-electron chi connectivity index (χ3n) is 5.51. The van der Waals surface area contributed by atoms with Crippen LogP contribution in [0.2, 0.25) is 0 Å². The zero-order valence-corrected chi connectivity index (χ0v) is 19.6. The number of azide groups is 4. The lowest BCUT2D eigenvalue weighted by Gasteiger charge is -2.18. The van der Waals surface area contributed by atoms with E-state index >= 15 is 0 Å². The maximum Gasteiger partial charge on any atom is 0.0375 e. The van der Waals surface area contributed by atoms with Gasteiger partial charge in [-0.1, -0.05) is 118 Å². The van der Waals surface area contributed by atoms with Crippen molar-refractivity contribution in [2.45, 2.75) is 0 Å². The topological polar surface area (TPSA) is 195 Å². The highest BCUT2D eigenvalue weighted by Gasteiger charge is 2.17. The molecule has 0 radical (unpaired) electrons. The Morgan fingerprint density at radius 1 is 0.342 bits per heavy atom. The molecule has 0 bridgehead atoms. The van der Waals surface area contributed by atoms with Crippen molar-refractivity contribution < 1.29 is 0 Å². The largest absolute Gasteiger partial charge is 0.0608 e. The molecule has 0 fully saturated rings. The Morgan fingerprint density at radius 2 is 0.526 bits per heavy atom. The SMILES string of the molecule is [N-]=[N+]=Nc1ccc(C(=C(c2ccc(N=[N+]=[N-])cc2)c2ccc(N=[N+]=[N-])cc2)c2ccc(N=[N+]=[N-])cc2)cc1. The molecule has 0 saturated heterocycles. The Morgan fingerprint density at radius 3 is 0.684 bits per heavy atom.